The van der Waals surface area contributed by atoms with E-state index in [1.54, 1.807) is 0 Å². The largest absolute Gasteiger partial charge is 0.433 e. The van der Waals surface area contributed by atoms with Gasteiger partial charge >= 0.3 is 12.4 Å². The highest BCUT2D eigenvalue weighted by atomic mass is 19.4. The molecule has 1 heterocycles. The fraction of sp³-hybridized carbons (Fsp3) is 0.375. The molecule has 0 aliphatic rings. The second-order valence-corrected chi connectivity index (χ2v) is 6.05. The van der Waals surface area contributed by atoms with Gasteiger partial charge in [-0.15, -0.1) is 0 Å². The summed E-state index contributed by atoms with van der Waals surface area (Å²) in [7, 11) is 2.68. The number of carbonyl (C=O) groups is 1. The normalized spacial score (nSPS) is 15.2. The zero-order valence-corrected chi connectivity index (χ0v) is 14.1. The second-order valence-electron chi connectivity index (χ2n) is 6.05. The smallest absolute Gasteiger partial charge is 0.386 e. The molecular formula is C16H15F6N3O2. The Morgan fingerprint density at radius 1 is 1.15 bits per heavy atom. The summed E-state index contributed by atoms with van der Waals surface area (Å²) in [6.45, 7) is 0. The minimum absolute atomic E-state index is 0.363. The van der Waals surface area contributed by atoms with E-state index in [1.807, 2.05) is 0 Å². The number of benzene rings is 1. The van der Waals surface area contributed by atoms with Gasteiger partial charge in [-0.05, 0) is 31.8 Å². The van der Waals surface area contributed by atoms with Crippen LogP contribution in [0.25, 0.3) is 10.9 Å². The van der Waals surface area contributed by atoms with Gasteiger partial charge in [-0.3, -0.25) is 9.69 Å². The monoisotopic (exact) mass is 395 g/mol. The quantitative estimate of drug-likeness (QED) is 0.781. The molecule has 0 bridgehead atoms. The summed E-state index contributed by atoms with van der Waals surface area (Å²) in [6, 6.07) is 1.61. The molecule has 2 unspecified atom stereocenters. The lowest BCUT2D eigenvalue weighted by atomic mass is 9.95. The number of amides is 1. The van der Waals surface area contributed by atoms with Crippen molar-refractivity contribution >= 4 is 16.8 Å². The first-order chi connectivity index (χ1) is 12.2. The topological polar surface area (TPSA) is 79.5 Å². The number of halogens is 6. The highest BCUT2D eigenvalue weighted by Gasteiger charge is 2.39. The van der Waals surface area contributed by atoms with Crippen LogP contribution in [0, 0.1) is 0 Å². The molecule has 0 radical (unpaired) electrons. The van der Waals surface area contributed by atoms with Crippen molar-refractivity contribution in [2.75, 3.05) is 14.1 Å². The zero-order valence-electron chi connectivity index (χ0n) is 14.1. The van der Waals surface area contributed by atoms with E-state index >= 15 is 0 Å². The Kier molecular flexibility index (Phi) is 5.39. The molecule has 1 aromatic carbocycles. The first kappa shape index (κ1) is 20.9. The molecule has 27 heavy (non-hydrogen) atoms. The number of para-hydroxylation sites is 1. The highest BCUT2D eigenvalue weighted by molar-refractivity contribution is 5.88. The van der Waals surface area contributed by atoms with E-state index in [4.69, 9.17) is 5.73 Å². The third-order valence-corrected chi connectivity index (χ3v) is 3.93. The fourth-order valence-electron chi connectivity index (χ4n) is 2.76. The van der Waals surface area contributed by atoms with E-state index in [9.17, 15) is 36.2 Å². The Hall–Kier alpha value is -2.40. The number of fused-ring (bicyclic) bond motifs is 1. The van der Waals surface area contributed by atoms with Crippen molar-refractivity contribution in [3.05, 3.63) is 41.1 Å². The number of hydrogen-bond acceptors (Lipinski definition) is 4. The van der Waals surface area contributed by atoms with E-state index < -0.39 is 52.7 Å². The number of carbonyl (C=O) groups excluding carboxylic acids is 1. The average Bonchev–Trinajstić information content (AvgIpc) is 2.50. The van der Waals surface area contributed by atoms with Crippen molar-refractivity contribution < 1.29 is 36.2 Å². The Balaban J connectivity index is 2.88. The Bertz CT molecular complexity index is 864. The molecule has 0 spiro atoms. The third-order valence-electron chi connectivity index (χ3n) is 3.93. The number of aliphatic hydroxyl groups excluding tert-OH is 1. The third kappa shape index (κ3) is 4.14. The van der Waals surface area contributed by atoms with Gasteiger partial charge in [0.1, 0.15) is 17.8 Å². The van der Waals surface area contributed by atoms with E-state index in [1.165, 1.54) is 14.1 Å². The molecular weight excluding hydrogens is 380 g/mol. The van der Waals surface area contributed by atoms with Crippen LogP contribution in [-0.4, -0.2) is 41.0 Å². The standard InChI is InChI=1S/C16H15F6N3O2/c1-25(2)12(14(23)27)13(26)8-6-10(16(20,21)22)24-11-7(8)4-3-5-9(11)15(17,18)19/h3-6,12-13,26H,1-2H3,(H2,23,27). The Morgan fingerprint density at radius 3 is 2.19 bits per heavy atom. The summed E-state index contributed by atoms with van der Waals surface area (Å²) in [6.07, 6.45) is -11.9. The van der Waals surface area contributed by atoms with Gasteiger partial charge in [-0.1, -0.05) is 12.1 Å². The number of aliphatic hydroxyl groups is 1. The number of rotatable bonds is 4. The Labute approximate surface area is 149 Å². The summed E-state index contributed by atoms with van der Waals surface area (Å²) in [4.78, 5) is 15.9. The lowest BCUT2D eigenvalue weighted by Crippen LogP contribution is -2.44. The molecule has 1 aromatic heterocycles. The molecule has 11 heteroatoms. The predicted molar refractivity (Wildman–Crippen MR) is 83.4 cm³/mol. The van der Waals surface area contributed by atoms with E-state index in [0.29, 0.717) is 12.1 Å². The number of likely N-dealkylation sites (N-methyl/N-ethyl adjacent to an activating group) is 1. The van der Waals surface area contributed by atoms with Crippen molar-refractivity contribution in [3.63, 3.8) is 0 Å². The summed E-state index contributed by atoms with van der Waals surface area (Å²) in [5.74, 6) is -1.06. The Morgan fingerprint density at radius 2 is 1.74 bits per heavy atom. The van der Waals surface area contributed by atoms with Gasteiger partial charge < -0.3 is 10.8 Å². The summed E-state index contributed by atoms with van der Waals surface area (Å²) < 4.78 is 79.2. The van der Waals surface area contributed by atoms with Crippen molar-refractivity contribution in [1.29, 1.82) is 0 Å². The van der Waals surface area contributed by atoms with Crippen LogP contribution in [-0.2, 0) is 17.1 Å². The van der Waals surface area contributed by atoms with Gasteiger partial charge in [-0.25, -0.2) is 4.98 Å². The fourth-order valence-corrected chi connectivity index (χ4v) is 2.76. The molecule has 2 atom stereocenters. The summed E-state index contributed by atoms with van der Waals surface area (Å²) >= 11 is 0. The van der Waals surface area contributed by atoms with Crippen LogP contribution in [0.15, 0.2) is 24.3 Å². The number of primary amides is 1. The maximum atomic E-state index is 13.2. The van der Waals surface area contributed by atoms with Crippen LogP contribution in [0.1, 0.15) is 22.9 Å². The summed E-state index contributed by atoms with van der Waals surface area (Å²) in [5.41, 5.74) is 0.666. The van der Waals surface area contributed by atoms with Crippen LogP contribution in [0.2, 0.25) is 0 Å². The lowest BCUT2D eigenvalue weighted by molar-refractivity contribution is -0.142. The molecule has 0 aliphatic carbocycles. The number of pyridine rings is 1. The second kappa shape index (κ2) is 6.97. The molecule has 0 saturated carbocycles. The molecule has 1 amide bonds. The first-order valence-electron chi connectivity index (χ1n) is 7.47. The molecule has 148 valence electrons. The molecule has 2 rings (SSSR count). The number of alkyl halides is 6. The molecule has 2 aromatic rings. The molecule has 0 saturated heterocycles. The maximum Gasteiger partial charge on any atom is 0.433 e. The SMILES string of the molecule is CN(C)C(C(N)=O)C(O)c1cc(C(F)(F)F)nc2c(C(F)(F)F)cccc12. The first-order valence-corrected chi connectivity index (χ1v) is 7.47. The van der Waals surface area contributed by atoms with Gasteiger partial charge in [0, 0.05) is 5.39 Å². The van der Waals surface area contributed by atoms with E-state index in [2.05, 4.69) is 4.98 Å². The number of nitrogens with two attached hydrogens (primary N) is 1. The minimum Gasteiger partial charge on any atom is -0.386 e. The van der Waals surface area contributed by atoms with Gasteiger partial charge in [0.25, 0.3) is 0 Å². The van der Waals surface area contributed by atoms with Crippen molar-refractivity contribution in [2.24, 2.45) is 5.73 Å². The molecule has 0 aliphatic heterocycles. The van der Waals surface area contributed by atoms with Gasteiger partial charge in [-0.2, -0.15) is 26.3 Å². The summed E-state index contributed by atoms with van der Waals surface area (Å²) in [5, 5.41) is 10.1. The van der Waals surface area contributed by atoms with Gasteiger partial charge in [0.05, 0.1) is 11.1 Å². The van der Waals surface area contributed by atoms with Crippen LogP contribution < -0.4 is 5.73 Å². The highest BCUT2D eigenvalue weighted by Crippen LogP contribution is 2.39. The van der Waals surface area contributed by atoms with E-state index in [-0.39, 0.29) is 5.39 Å². The van der Waals surface area contributed by atoms with Crippen LogP contribution in [0.3, 0.4) is 0 Å². The van der Waals surface area contributed by atoms with Crippen molar-refractivity contribution in [3.8, 4) is 0 Å². The average molecular weight is 395 g/mol. The maximum absolute atomic E-state index is 13.2. The van der Waals surface area contributed by atoms with E-state index in [0.717, 1.165) is 17.0 Å². The molecule has 0 fully saturated rings. The predicted octanol–water partition coefficient (Wildman–Crippen LogP) is 2.72. The van der Waals surface area contributed by atoms with Gasteiger partial charge in [0.2, 0.25) is 5.91 Å². The number of nitrogens with zero attached hydrogens (tertiary/aromatic N) is 2. The molecule has 5 nitrogen and oxygen atoms in total. The zero-order chi connectivity index (χ0) is 20.7. The number of aromatic nitrogens is 1. The van der Waals surface area contributed by atoms with Crippen molar-refractivity contribution in [1.82, 2.24) is 9.88 Å². The van der Waals surface area contributed by atoms with Crippen LogP contribution >= 0.6 is 0 Å². The van der Waals surface area contributed by atoms with Gasteiger partial charge in [0.15, 0.2) is 0 Å². The molecule has 3 N–H and O–H groups in total. The van der Waals surface area contributed by atoms with Crippen LogP contribution in [0.4, 0.5) is 26.3 Å². The van der Waals surface area contributed by atoms with Crippen molar-refractivity contribution in [2.45, 2.75) is 24.5 Å². The van der Waals surface area contributed by atoms with Crippen LogP contribution in [0.5, 0.6) is 0 Å². The minimum atomic E-state index is -5.07. The number of hydrogen-bond donors (Lipinski definition) is 2. The lowest BCUT2D eigenvalue weighted by Gasteiger charge is -2.27.